The third-order valence-electron chi connectivity index (χ3n) is 4.35. The summed E-state index contributed by atoms with van der Waals surface area (Å²) in [5.41, 5.74) is 1.06. The van der Waals surface area contributed by atoms with Crippen molar-refractivity contribution in [2.75, 3.05) is 26.9 Å². The number of carbonyl (C=O) groups excluding carboxylic acids is 1. The second-order valence-electron chi connectivity index (χ2n) is 6.06. The molecule has 0 saturated carbocycles. The Balaban J connectivity index is 1.54. The zero-order valence-corrected chi connectivity index (χ0v) is 16.1. The average molecular weight is 411 g/mol. The second kappa shape index (κ2) is 7.95. The van der Waals surface area contributed by atoms with E-state index in [1.165, 1.54) is 0 Å². The molecule has 2 aliphatic heterocycles. The molecule has 25 heavy (non-hydrogen) atoms. The first-order valence-electron chi connectivity index (χ1n) is 8.43. The topological polar surface area (TPSA) is 75.2 Å². The van der Waals surface area contributed by atoms with E-state index in [4.69, 9.17) is 9.47 Å². The van der Waals surface area contributed by atoms with E-state index in [2.05, 4.69) is 31.6 Å². The zero-order chi connectivity index (χ0) is 17.8. The Hall–Kier alpha value is -1.96. The Kier molecular flexibility index (Phi) is 5.67. The number of carbonyl (C=O) groups is 1. The molecule has 2 heterocycles. The fourth-order valence-corrected chi connectivity index (χ4v) is 3.63. The van der Waals surface area contributed by atoms with Gasteiger partial charge in [-0.15, -0.1) is 0 Å². The van der Waals surface area contributed by atoms with Crippen LogP contribution in [0.4, 0.5) is 0 Å². The summed E-state index contributed by atoms with van der Waals surface area (Å²) in [4.78, 5) is 18.0. The first kappa shape index (κ1) is 17.8. The highest BCUT2D eigenvalue weighted by atomic mass is 79.9. The fraction of sp³-hybridized carbons (Fsp3) is 0.529. The molecule has 2 aliphatic rings. The van der Waals surface area contributed by atoms with Crippen LogP contribution in [0.2, 0.25) is 0 Å². The molecule has 1 aromatic rings. The van der Waals surface area contributed by atoms with Gasteiger partial charge in [0.25, 0.3) is 0 Å². The van der Waals surface area contributed by atoms with Crippen molar-refractivity contribution in [2.24, 2.45) is 4.99 Å². The Morgan fingerprint density at radius 1 is 1.44 bits per heavy atom. The van der Waals surface area contributed by atoms with Gasteiger partial charge < -0.3 is 25.0 Å². The minimum atomic E-state index is 0.206. The zero-order valence-electron chi connectivity index (χ0n) is 14.5. The lowest BCUT2D eigenvalue weighted by Gasteiger charge is -2.19. The number of nitrogens with one attached hydrogen (secondary N) is 2. The van der Waals surface area contributed by atoms with Gasteiger partial charge in [-0.3, -0.25) is 9.79 Å². The molecule has 7 nitrogen and oxygen atoms in total. The lowest BCUT2D eigenvalue weighted by atomic mass is 10.2. The highest BCUT2D eigenvalue weighted by Crippen LogP contribution is 2.39. The Bertz CT molecular complexity index is 680. The first-order valence-corrected chi connectivity index (χ1v) is 9.23. The normalized spacial score (nSPS) is 19.2. The fourth-order valence-electron chi connectivity index (χ4n) is 3.02. The van der Waals surface area contributed by atoms with E-state index >= 15 is 0 Å². The SMILES string of the molecule is CCC(=O)N1CCC(NC(=NC)NCc2cc(Br)c3c(c2)OCO3)C1. The van der Waals surface area contributed by atoms with Crippen molar-refractivity contribution in [3.8, 4) is 11.5 Å². The Morgan fingerprint density at radius 2 is 2.28 bits per heavy atom. The monoisotopic (exact) mass is 410 g/mol. The van der Waals surface area contributed by atoms with E-state index in [9.17, 15) is 4.79 Å². The van der Waals surface area contributed by atoms with Gasteiger partial charge in [0.05, 0.1) is 4.47 Å². The molecule has 3 rings (SSSR count). The number of nitrogens with zero attached hydrogens (tertiary/aromatic N) is 2. The summed E-state index contributed by atoms with van der Waals surface area (Å²) in [7, 11) is 1.74. The third-order valence-corrected chi connectivity index (χ3v) is 4.94. The number of aliphatic imine (C=N–C) groups is 1. The maximum absolute atomic E-state index is 11.8. The highest BCUT2D eigenvalue weighted by molar-refractivity contribution is 9.10. The minimum Gasteiger partial charge on any atom is -0.454 e. The summed E-state index contributed by atoms with van der Waals surface area (Å²) in [6, 6.07) is 4.19. The molecule has 1 aromatic carbocycles. The van der Waals surface area contributed by atoms with Crippen molar-refractivity contribution in [2.45, 2.75) is 32.4 Å². The van der Waals surface area contributed by atoms with Gasteiger partial charge in [0.1, 0.15) is 0 Å². The largest absolute Gasteiger partial charge is 0.454 e. The van der Waals surface area contributed by atoms with Crippen molar-refractivity contribution in [3.05, 3.63) is 22.2 Å². The molecule has 1 unspecified atom stereocenters. The van der Waals surface area contributed by atoms with Gasteiger partial charge in [-0.25, -0.2) is 0 Å². The minimum absolute atomic E-state index is 0.206. The van der Waals surface area contributed by atoms with E-state index in [1.807, 2.05) is 24.0 Å². The number of amides is 1. The molecule has 2 N–H and O–H groups in total. The van der Waals surface area contributed by atoms with Gasteiger partial charge in [-0.05, 0) is 40.0 Å². The average Bonchev–Trinajstić information content (AvgIpc) is 3.27. The lowest BCUT2D eigenvalue weighted by Crippen LogP contribution is -2.44. The molecule has 136 valence electrons. The third kappa shape index (κ3) is 4.18. The molecule has 0 radical (unpaired) electrons. The molecule has 1 atom stereocenters. The van der Waals surface area contributed by atoms with Crippen LogP contribution in [-0.4, -0.2) is 49.7 Å². The summed E-state index contributed by atoms with van der Waals surface area (Å²) in [6.07, 6.45) is 1.49. The lowest BCUT2D eigenvalue weighted by molar-refractivity contribution is -0.129. The van der Waals surface area contributed by atoms with Gasteiger partial charge in [0, 0.05) is 39.1 Å². The van der Waals surface area contributed by atoms with Crippen LogP contribution in [0.15, 0.2) is 21.6 Å². The van der Waals surface area contributed by atoms with E-state index < -0.39 is 0 Å². The van der Waals surface area contributed by atoms with Crippen molar-refractivity contribution < 1.29 is 14.3 Å². The number of likely N-dealkylation sites (tertiary alicyclic amines) is 1. The molecule has 0 spiro atoms. The van der Waals surface area contributed by atoms with Gasteiger partial charge in [0.2, 0.25) is 12.7 Å². The van der Waals surface area contributed by atoms with Crippen molar-refractivity contribution >= 4 is 27.8 Å². The Morgan fingerprint density at radius 3 is 3.04 bits per heavy atom. The summed E-state index contributed by atoms with van der Waals surface area (Å²) < 4.78 is 11.7. The number of ether oxygens (including phenoxy) is 2. The summed E-state index contributed by atoms with van der Waals surface area (Å²) >= 11 is 3.50. The predicted octanol–water partition coefficient (Wildman–Crippen LogP) is 1.85. The molecule has 0 aromatic heterocycles. The predicted molar refractivity (Wildman–Crippen MR) is 98.9 cm³/mol. The standard InChI is InChI=1S/C17H23BrN4O3/c1-3-15(23)22-5-4-12(9-22)21-17(19-2)20-8-11-6-13(18)16-14(7-11)24-10-25-16/h6-7,12H,3-5,8-10H2,1-2H3,(H2,19,20,21). The van der Waals surface area contributed by atoms with Crippen LogP contribution in [-0.2, 0) is 11.3 Å². The van der Waals surface area contributed by atoms with Crippen LogP contribution < -0.4 is 20.1 Å². The molecule has 1 saturated heterocycles. The van der Waals surface area contributed by atoms with Crippen LogP contribution in [0.5, 0.6) is 11.5 Å². The number of hydrogen-bond donors (Lipinski definition) is 2. The quantitative estimate of drug-likeness (QED) is 0.585. The summed E-state index contributed by atoms with van der Waals surface area (Å²) in [5.74, 6) is 2.43. The van der Waals surface area contributed by atoms with E-state index in [0.29, 0.717) is 13.0 Å². The van der Waals surface area contributed by atoms with Crippen LogP contribution in [0.3, 0.4) is 0 Å². The smallest absolute Gasteiger partial charge is 0.231 e. The van der Waals surface area contributed by atoms with Gasteiger partial charge in [-0.1, -0.05) is 6.92 Å². The van der Waals surface area contributed by atoms with Crippen molar-refractivity contribution in [3.63, 3.8) is 0 Å². The number of fused-ring (bicyclic) bond motifs is 1. The number of rotatable bonds is 4. The van der Waals surface area contributed by atoms with Crippen LogP contribution in [0.1, 0.15) is 25.3 Å². The number of guanidine groups is 1. The van der Waals surface area contributed by atoms with E-state index in [-0.39, 0.29) is 18.7 Å². The molecule has 8 heteroatoms. The number of halogens is 1. The van der Waals surface area contributed by atoms with Crippen LogP contribution >= 0.6 is 15.9 Å². The van der Waals surface area contributed by atoms with E-state index in [0.717, 1.165) is 47.0 Å². The maximum atomic E-state index is 11.8. The van der Waals surface area contributed by atoms with Crippen molar-refractivity contribution in [1.29, 1.82) is 0 Å². The second-order valence-corrected chi connectivity index (χ2v) is 6.91. The highest BCUT2D eigenvalue weighted by Gasteiger charge is 2.25. The van der Waals surface area contributed by atoms with Crippen LogP contribution in [0.25, 0.3) is 0 Å². The first-order chi connectivity index (χ1) is 12.1. The van der Waals surface area contributed by atoms with Gasteiger partial charge in [-0.2, -0.15) is 0 Å². The molecule has 0 bridgehead atoms. The summed E-state index contributed by atoms with van der Waals surface area (Å²) in [5, 5.41) is 6.70. The van der Waals surface area contributed by atoms with Gasteiger partial charge in [0.15, 0.2) is 17.5 Å². The molecular weight excluding hydrogens is 388 g/mol. The molecule has 0 aliphatic carbocycles. The number of benzene rings is 1. The molecule has 1 amide bonds. The van der Waals surface area contributed by atoms with Crippen molar-refractivity contribution in [1.82, 2.24) is 15.5 Å². The Labute approximate surface area is 155 Å². The number of hydrogen-bond acceptors (Lipinski definition) is 4. The maximum Gasteiger partial charge on any atom is 0.231 e. The van der Waals surface area contributed by atoms with Crippen LogP contribution in [0, 0.1) is 0 Å². The molecule has 1 fully saturated rings. The molecular formula is C17H23BrN4O3. The summed E-state index contributed by atoms with van der Waals surface area (Å²) in [6.45, 7) is 4.29. The van der Waals surface area contributed by atoms with Gasteiger partial charge >= 0.3 is 0 Å². The van der Waals surface area contributed by atoms with E-state index in [1.54, 1.807) is 7.05 Å².